The first-order valence-electron chi connectivity index (χ1n) is 9.45. The molecule has 6 heteroatoms. The molecule has 0 aromatic heterocycles. The van der Waals surface area contributed by atoms with Gasteiger partial charge in [-0.15, -0.1) is 0 Å². The van der Waals surface area contributed by atoms with Gasteiger partial charge in [0, 0.05) is 6.07 Å². The van der Waals surface area contributed by atoms with Crippen LogP contribution in [0.1, 0.15) is 49.4 Å². The normalized spacial score (nSPS) is 19.1. The molecule has 0 N–H and O–H groups in total. The number of rotatable bonds is 5. The average Bonchev–Trinajstić information content (AvgIpc) is 2.69. The lowest BCUT2D eigenvalue weighted by Crippen LogP contribution is -2.25. The molecule has 4 nitrogen and oxygen atoms in total. The molecule has 1 aliphatic carbocycles. The molecule has 0 radical (unpaired) electrons. The number of carbonyl (C=O) groups is 2. The fraction of sp³-hybridized carbons (Fsp3) is 0.364. The Hall–Kier alpha value is -2.40. The van der Waals surface area contributed by atoms with Gasteiger partial charge >= 0.3 is 11.9 Å². The van der Waals surface area contributed by atoms with E-state index in [1.54, 1.807) is 0 Å². The van der Waals surface area contributed by atoms with Gasteiger partial charge in [-0.25, -0.2) is 9.18 Å². The van der Waals surface area contributed by atoms with Gasteiger partial charge in [0.15, 0.2) is 0 Å². The van der Waals surface area contributed by atoms with Crippen molar-refractivity contribution in [2.45, 2.75) is 39.0 Å². The number of hydrogen-bond donors (Lipinski definition) is 0. The van der Waals surface area contributed by atoms with Gasteiger partial charge < -0.3 is 9.47 Å². The minimum atomic E-state index is -0.674. The van der Waals surface area contributed by atoms with Crippen molar-refractivity contribution in [2.75, 3.05) is 0 Å². The molecule has 0 atom stereocenters. The first-order valence-corrected chi connectivity index (χ1v) is 9.83. The van der Waals surface area contributed by atoms with Crippen molar-refractivity contribution in [3.05, 3.63) is 58.9 Å². The minimum absolute atomic E-state index is 0.0929. The van der Waals surface area contributed by atoms with Crippen LogP contribution in [0.2, 0.25) is 5.02 Å². The van der Waals surface area contributed by atoms with E-state index >= 15 is 0 Å². The summed E-state index contributed by atoms with van der Waals surface area (Å²) in [6, 6.07) is 9.49. The smallest absolute Gasteiger partial charge is 0.345 e. The fourth-order valence-electron chi connectivity index (χ4n) is 3.40. The van der Waals surface area contributed by atoms with Crippen LogP contribution in [0.3, 0.4) is 0 Å². The highest BCUT2D eigenvalue weighted by Crippen LogP contribution is 2.32. The van der Waals surface area contributed by atoms with Gasteiger partial charge in [0.25, 0.3) is 0 Å². The quantitative estimate of drug-likeness (QED) is 0.465. The lowest BCUT2D eigenvalue weighted by Gasteiger charge is -2.26. The Morgan fingerprint density at radius 2 is 1.64 bits per heavy atom. The second kappa shape index (κ2) is 9.20. The molecule has 1 saturated carbocycles. The average molecular weight is 405 g/mol. The Kier molecular flexibility index (Phi) is 6.68. The summed E-state index contributed by atoms with van der Waals surface area (Å²) in [7, 11) is 0. The molecular formula is C22H22ClFO4. The van der Waals surface area contributed by atoms with Crippen molar-refractivity contribution >= 4 is 23.5 Å². The van der Waals surface area contributed by atoms with E-state index in [4.69, 9.17) is 21.1 Å². The van der Waals surface area contributed by atoms with E-state index in [-0.39, 0.29) is 28.2 Å². The van der Waals surface area contributed by atoms with Gasteiger partial charge in [-0.1, -0.05) is 24.9 Å². The summed E-state index contributed by atoms with van der Waals surface area (Å²) in [6.07, 6.45) is 4.92. The van der Waals surface area contributed by atoms with Gasteiger partial charge in [0.2, 0.25) is 0 Å². The number of hydrogen-bond acceptors (Lipinski definition) is 4. The van der Waals surface area contributed by atoms with Crippen molar-refractivity contribution in [1.82, 2.24) is 0 Å². The van der Waals surface area contributed by atoms with E-state index in [0.717, 1.165) is 32.1 Å². The molecule has 0 amide bonds. The largest absolute Gasteiger partial charge is 0.426 e. The zero-order chi connectivity index (χ0) is 20.1. The van der Waals surface area contributed by atoms with E-state index in [9.17, 15) is 14.0 Å². The second-order valence-electron chi connectivity index (χ2n) is 7.03. The fourth-order valence-corrected chi connectivity index (χ4v) is 3.64. The molecule has 1 aliphatic rings. The summed E-state index contributed by atoms with van der Waals surface area (Å²) in [4.78, 5) is 24.6. The molecule has 0 aliphatic heterocycles. The van der Waals surface area contributed by atoms with Crippen molar-refractivity contribution in [2.24, 2.45) is 11.8 Å². The van der Waals surface area contributed by atoms with Crippen LogP contribution < -0.4 is 9.47 Å². The van der Waals surface area contributed by atoms with Crippen LogP contribution in [0.5, 0.6) is 11.5 Å². The number of esters is 2. The maximum absolute atomic E-state index is 12.9. The van der Waals surface area contributed by atoms with Crippen LogP contribution in [0.25, 0.3) is 0 Å². The van der Waals surface area contributed by atoms with Gasteiger partial charge in [0.05, 0.1) is 16.5 Å². The third kappa shape index (κ3) is 5.10. The van der Waals surface area contributed by atoms with Crippen LogP contribution in [0, 0.1) is 17.7 Å². The van der Waals surface area contributed by atoms with Crippen molar-refractivity contribution in [1.29, 1.82) is 0 Å². The Bertz CT molecular complexity index is 842. The number of carbonyl (C=O) groups excluding carboxylic acids is 2. The maximum atomic E-state index is 12.9. The Morgan fingerprint density at radius 1 is 1.00 bits per heavy atom. The zero-order valence-electron chi connectivity index (χ0n) is 15.6. The van der Waals surface area contributed by atoms with Crippen molar-refractivity contribution < 1.29 is 23.5 Å². The van der Waals surface area contributed by atoms with Crippen LogP contribution in [0.4, 0.5) is 4.39 Å². The van der Waals surface area contributed by atoms with E-state index in [1.165, 1.54) is 42.5 Å². The lowest BCUT2D eigenvalue weighted by molar-refractivity contribution is -0.140. The Balaban J connectivity index is 1.61. The standard InChI is InChI=1S/C22H22ClFO4/c1-2-14-3-5-15(6-4-14)21(25)28-18-11-12-19(20(23)13-18)22(26)27-17-9-7-16(24)8-10-17/h7-15H,2-6H2,1H3/t14-,15-. The molecular weight excluding hydrogens is 383 g/mol. The van der Waals surface area contributed by atoms with E-state index < -0.39 is 11.8 Å². The summed E-state index contributed by atoms with van der Waals surface area (Å²) < 4.78 is 23.6. The van der Waals surface area contributed by atoms with Crippen molar-refractivity contribution in [3.63, 3.8) is 0 Å². The van der Waals surface area contributed by atoms with Crippen LogP contribution in [-0.2, 0) is 4.79 Å². The predicted molar refractivity (Wildman–Crippen MR) is 104 cm³/mol. The molecule has 1 fully saturated rings. The Labute approximate surface area is 168 Å². The molecule has 0 saturated heterocycles. The first kappa shape index (κ1) is 20.3. The van der Waals surface area contributed by atoms with Gasteiger partial charge in [-0.2, -0.15) is 0 Å². The number of ether oxygens (including phenoxy) is 2. The number of halogens is 2. The predicted octanol–water partition coefficient (Wildman–Crippen LogP) is 5.82. The molecule has 0 unspecified atom stereocenters. The summed E-state index contributed by atoms with van der Waals surface area (Å²) in [6.45, 7) is 2.17. The van der Waals surface area contributed by atoms with E-state index in [0.29, 0.717) is 11.7 Å². The minimum Gasteiger partial charge on any atom is -0.426 e. The van der Waals surface area contributed by atoms with Crippen molar-refractivity contribution in [3.8, 4) is 11.5 Å². The third-order valence-electron chi connectivity index (χ3n) is 5.16. The topological polar surface area (TPSA) is 52.6 Å². The highest BCUT2D eigenvalue weighted by molar-refractivity contribution is 6.33. The first-order chi connectivity index (χ1) is 13.5. The van der Waals surface area contributed by atoms with Gasteiger partial charge in [-0.05, 0) is 68.0 Å². The maximum Gasteiger partial charge on any atom is 0.345 e. The Morgan fingerprint density at radius 3 is 2.25 bits per heavy atom. The second-order valence-corrected chi connectivity index (χ2v) is 7.44. The zero-order valence-corrected chi connectivity index (χ0v) is 16.4. The molecule has 28 heavy (non-hydrogen) atoms. The van der Waals surface area contributed by atoms with Gasteiger partial charge in [-0.3, -0.25) is 4.79 Å². The molecule has 0 bridgehead atoms. The van der Waals surface area contributed by atoms with Gasteiger partial charge in [0.1, 0.15) is 17.3 Å². The lowest BCUT2D eigenvalue weighted by atomic mass is 9.81. The van der Waals surface area contributed by atoms with Crippen LogP contribution in [-0.4, -0.2) is 11.9 Å². The van der Waals surface area contributed by atoms with E-state index in [2.05, 4.69) is 6.92 Å². The third-order valence-corrected chi connectivity index (χ3v) is 5.47. The highest BCUT2D eigenvalue weighted by atomic mass is 35.5. The van der Waals surface area contributed by atoms with Crippen LogP contribution >= 0.6 is 11.6 Å². The molecule has 2 aromatic rings. The summed E-state index contributed by atoms with van der Waals surface area (Å²) in [5, 5.41) is 0.118. The van der Waals surface area contributed by atoms with Crippen LogP contribution in [0.15, 0.2) is 42.5 Å². The highest BCUT2D eigenvalue weighted by Gasteiger charge is 2.27. The SMILES string of the molecule is CC[C@H]1CC[C@H](C(=O)Oc2ccc(C(=O)Oc3ccc(F)cc3)c(Cl)c2)CC1. The molecule has 0 spiro atoms. The monoisotopic (exact) mass is 404 g/mol. The summed E-state index contributed by atoms with van der Waals surface area (Å²) >= 11 is 6.17. The number of benzene rings is 2. The molecule has 0 heterocycles. The molecule has 2 aromatic carbocycles. The molecule has 3 rings (SSSR count). The van der Waals surface area contributed by atoms with E-state index in [1.807, 2.05) is 0 Å². The summed E-state index contributed by atoms with van der Waals surface area (Å²) in [5.74, 6) is -0.243. The molecule has 148 valence electrons. The summed E-state index contributed by atoms with van der Waals surface area (Å²) in [5.41, 5.74) is 0.134.